The number of ether oxygens (including phenoxy) is 1. The number of cyclic esters (lactones) is 1. The first-order valence-electron chi connectivity index (χ1n) is 5.64. The molecule has 0 radical (unpaired) electrons. The summed E-state index contributed by atoms with van der Waals surface area (Å²) in [6.45, 7) is 5.91. The lowest BCUT2D eigenvalue weighted by molar-refractivity contribution is -0.142. The van der Waals surface area contributed by atoms with Crippen molar-refractivity contribution in [2.45, 2.75) is 45.4 Å². The van der Waals surface area contributed by atoms with Crippen molar-refractivity contribution in [3.63, 3.8) is 0 Å². The van der Waals surface area contributed by atoms with E-state index in [2.05, 4.69) is 6.58 Å². The molecule has 4 heteroatoms. The Morgan fingerprint density at radius 1 is 1.44 bits per heavy atom. The molecule has 0 saturated carbocycles. The van der Waals surface area contributed by atoms with Crippen molar-refractivity contribution in [1.29, 1.82) is 0 Å². The summed E-state index contributed by atoms with van der Waals surface area (Å²) in [5, 5.41) is 8.21. The van der Waals surface area contributed by atoms with Gasteiger partial charge in [-0.05, 0) is 25.7 Å². The molecule has 0 aromatic rings. The molecular weight excluding hydrogens is 208 g/mol. The molecule has 1 saturated heterocycles. The van der Waals surface area contributed by atoms with E-state index < -0.39 is 5.97 Å². The van der Waals surface area contributed by atoms with E-state index in [-0.39, 0.29) is 5.97 Å². The Hall–Kier alpha value is -1.32. The molecule has 0 aromatic carbocycles. The van der Waals surface area contributed by atoms with Crippen LogP contribution in [0.25, 0.3) is 0 Å². The van der Waals surface area contributed by atoms with Crippen LogP contribution in [0.5, 0.6) is 0 Å². The number of rotatable bonds is 3. The fraction of sp³-hybridized carbons (Fsp3) is 0.667. The van der Waals surface area contributed by atoms with Gasteiger partial charge in [0.1, 0.15) is 0 Å². The molecule has 1 rings (SSSR count). The lowest BCUT2D eigenvalue weighted by Gasteiger charge is -1.93. The van der Waals surface area contributed by atoms with E-state index in [0.717, 1.165) is 25.7 Å². The zero-order valence-corrected chi connectivity index (χ0v) is 9.83. The molecule has 1 fully saturated rings. The molecule has 0 bridgehead atoms. The average Bonchev–Trinajstić information content (AvgIpc) is 2.47. The van der Waals surface area contributed by atoms with Crippen LogP contribution < -0.4 is 0 Å². The highest BCUT2D eigenvalue weighted by atomic mass is 16.5. The summed E-state index contributed by atoms with van der Waals surface area (Å²) in [7, 11) is 0. The first-order chi connectivity index (χ1) is 7.57. The molecule has 1 N–H and O–H groups in total. The predicted octanol–water partition coefficient (Wildman–Crippen LogP) is 2.53. The molecule has 1 aliphatic heterocycles. The normalized spacial score (nSPS) is 15.2. The topological polar surface area (TPSA) is 63.6 Å². The number of aliphatic carboxylic acids is 1. The smallest absolute Gasteiger partial charge is 0.330 e. The first-order valence-corrected chi connectivity index (χ1v) is 5.64. The van der Waals surface area contributed by atoms with Gasteiger partial charge in [-0.1, -0.05) is 19.9 Å². The molecular formula is C12H20O4. The van der Waals surface area contributed by atoms with Crippen LogP contribution in [-0.4, -0.2) is 23.7 Å². The van der Waals surface area contributed by atoms with E-state index in [9.17, 15) is 9.59 Å². The van der Waals surface area contributed by atoms with E-state index in [0.29, 0.717) is 25.0 Å². The summed E-state index contributed by atoms with van der Waals surface area (Å²) in [6.07, 6.45) is 5.27. The molecule has 0 aliphatic carbocycles. The Morgan fingerprint density at radius 3 is 2.62 bits per heavy atom. The summed E-state index contributed by atoms with van der Waals surface area (Å²) in [5.41, 5.74) is 0.299. The van der Waals surface area contributed by atoms with Gasteiger partial charge in [0, 0.05) is 12.0 Å². The Labute approximate surface area is 96.3 Å². The van der Waals surface area contributed by atoms with E-state index in [4.69, 9.17) is 9.84 Å². The number of hydrogen-bond acceptors (Lipinski definition) is 3. The Morgan fingerprint density at radius 2 is 2.12 bits per heavy atom. The minimum atomic E-state index is -0.883. The van der Waals surface area contributed by atoms with Gasteiger partial charge in [-0.15, -0.1) is 0 Å². The first kappa shape index (κ1) is 14.7. The molecule has 0 unspecified atom stereocenters. The molecule has 16 heavy (non-hydrogen) atoms. The Balaban J connectivity index is 0.000000281. The van der Waals surface area contributed by atoms with E-state index in [1.165, 1.54) is 0 Å². The van der Waals surface area contributed by atoms with Gasteiger partial charge >= 0.3 is 11.9 Å². The van der Waals surface area contributed by atoms with Gasteiger partial charge in [-0.2, -0.15) is 0 Å². The van der Waals surface area contributed by atoms with E-state index in [1.54, 1.807) is 0 Å². The summed E-state index contributed by atoms with van der Waals surface area (Å²) < 4.78 is 4.76. The maximum Gasteiger partial charge on any atom is 0.330 e. The number of esters is 1. The van der Waals surface area contributed by atoms with Gasteiger partial charge in [0.05, 0.1) is 6.61 Å². The van der Waals surface area contributed by atoms with Gasteiger partial charge in [-0.25, -0.2) is 4.79 Å². The van der Waals surface area contributed by atoms with Gasteiger partial charge in [-0.3, -0.25) is 4.79 Å². The van der Waals surface area contributed by atoms with Crippen LogP contribution in [0, 0.1) is 0 Å². The van der Waals surface area contributed by atoms with Crippen molar-refractivity contribution in [2.75, 3.05) is 6.61 Å². The highest BCUT2D eigenvalue weighted by Gasteiger charge is 2.05. The van der Waals surface area contributed by atoms with E-state index in [1.807, 2.05) is 6.92 Å². The zero-order chi connectivity index (χ0) is 12.4. The predicted molar refractivity (Wildman–Crippen MR) is 61.1 cm³/mol. The third kappa shape index (κ3) is 8.03. The Kier molecular flexibility index (Phi) is 8.21. The number of carbonyl (C=O) groups is 2. The summed E-state index contributed by atoms with van der Waals surface area (Å²) >= 11 is 0. The van der Waals surface area contributed by atoms with Gasteiger partial charge in [0.2, 0.25) is 0 Å². The molecule has 4 nitrogen and oxygen atoms in total. The number of hydrogen-bond donors (Lipinski definition) is 1. The Bertz CT molecular complexity index is 235. The van der Waals surface area contributed by atoms with Crippen LogP contribution in [0.2, 0.25) is 0 Å². The van der Waals surface area contributed by atoms with Crippen LogP contribution in [-0.2, 0) is 14.3 Å². The van der Waals surface area contributed by atoms with Gasteiger partial charge in [0.25, 0.3) is 0 Å². The maximum atomic E-state index is 10.5. The third-order valence-electron chi connectivity index (χ3n) is 2.14. The molecule has 92 valence electrons. The van der Waals surface area contributed by atoms with Gasteiger partial charge < -0.3 is 9.84 Å². The largest absolute Gasteiger partial charge is 0.478 e. The standard InChI is InChI=1S/2C6H10O2/c7-6-4-2-1-3-5-8-6;1-3-4-5(2)6(7)8/h1-5H2;2-4H2,1H3,(H,7,8). The van der Waals surface area contributed by atoms with E-state index >= 15 is 0 Å². The maximum absolute atomic E-state index is 10.5. The SMILES string of the molecule is C=C(CCC)C(=O)O.O=C1CCCCCO1. The minimum absolute atomic E-state index is 0.0255. The van der Waals surface area contributed by atoms with Crippen molar-refractivity contribution in [2.24, 2.45) is 0 Å². The fourth-order valence-electron chi connectivity index (χ4n) is 1.22. The third-order valence-corrected chi connectivity index (χ3v) is 2.14. The number of carbonyl (C=O) groups excluding carboxylic acids is 1. The number of carboxylic acids is 1. The summed E-state index contributed by atoms with van der Waals surface area (Å²) in [4.78, 5) is 20.5. The van der Waals surface area contributed by atoms with Crippen molar-refractivity contribution in [3.05, 3.63) is 12.2 Å². The van der Waals surface area contributed by atoms with Crippen molar-refractivity contribution in [3.8, 4) is 0 Å². The minimum Gasteiger partial charge on any atom is -0.478 e. The van der Waals surface area contributed by atoms with Crippen molar-refractivity contribution < 1.29 is 19.4 Å². The second-order valence-corrected chi connectivity index (χ2v) is 3.69. The van der Waals surface area contributed by atoms with Crippen molar-refractivity contribution >= 4 is 11.9 Å². The molecule has 1 aliphatic rings. The van der Waals surface area contributed by atoms with Crippen molar-refractivity contribution in [1.82, 2.24) is 0 Å². The molecule has 1 heterocycles. The fourth-order valence-corrected chi connectivity index (χ4v) is 1.22. The average molecular weight is 228 g/mol. The zero-order valence-electron chi connectivity index (χ0n) is 9.83. The van der Waals surface area contributed by atoms with Crippen LogP contribution in [0.3, 0.4) is 0 Å². The van der Waals surface area contributed by atoms with Crippen LogP contribution in [0.15, 0.2) is 12.2 Å². The monoisotopic (exact) mass is 228 g/mol. The molecule has 0 spiro atoms. The van der Waals surface area contributed by atoms with Crippen LogP contribution >= 0.6 is 0 Å². The second kappa shape index (κ2) is 8.95. The summed E-state index contributed by atoms with van der Waals surface area (Å²) in [5.74, 6) is -0.908. The second-order valence-electron chi connectivity index (χ2n) is 3.69. The molecule has 0 atom stereocenters. The highest BCUT2D eigenvalue weighted by Crippen LogP contribution is 2.06. The number of carboxylic acid groups (broad SMARTS) is 1. The van der Waals surface area contributed by atoms with Gasteiger partial charge in [0.15, 0.2) is 0 Å². The van der Waals surface area contributed by atoms with Crippen LogP contribution in [0.1, 0.15) is 45.4 Å². The highest BCUT2D eigenvalue weighted by molar-refractivity contribution is 5.85. The molecule has 0 aromatic heterocycles. The quantitative estimate of drug-likeness (QED) is 0.595. The lowest BCUT2D eigenvalue weighted by Crippen LogP contribution is -2.00. The lowest BCUT2D eigenvalue weighted by atomic mass is 10.2. The van der Waals surface area contributed by atoms with Crippen LogP contribution in [0.4, 0.5) is 0 Å². The molecule has 0 amide bonds. The summed E-state index contributed by atoms with van der Waals surface area (Å²) in [6, 6.07) is 0.